The minimum Gasteiger partial charge on any atom is -0.374 e. The molecule has 0 aliphatic carbocycles. The Kier molecular flexibility index (Phi) is 5.56. The van der Waals surface area contributed by atoms with Crippen LogP contribution >= 0.6 is 24.0 Å². The zero-order valence-corrected chi connectivity index (χ0v) is 18.6. The number of aliphatic imine (C=N–C) groups is 1. The Bertz CT molecular complexity index is 693. The highest BCUT2D eigenvalue weighted by molar-refractivity contribution is 14.0. The van der Waals surface area contributed by atoms with Crippen LogP contribution in [0.2, 0.25) is 0 Å². The monoisotopic (exact) mass is 482 g/mol. The van der Waals surface area contributed by atoms with Gasteiger partial charge in [0.15, 0.2) is 5.96 Å². The molecule has 148 valence electrons. The van der Waals surface area contributed by atoms with Crippen LogP contribution in [0.3, 0.4) is 0 Å². The number of para-hydroxylation sites is 1. The fourth-order valence-electron chi connectivity index (χ4n) is 5.72. The number of hydrogen-bond donors (Lipinski definition) is 1. The molecule has 2 bridgehead atoms. The summed E-state index contributed by atoms with van der Waals surface area (Å²) in [5, 5.41) is 3.62. The Morgan fingerprint density at radius 2 is 1.89 bits per heavy atom. The summed E-state index contributed by atoms with van der Waals surface area (Å²) in [6, 6.07) is 9.39. The first-order valence-corrected chi connectivity index (χ1v) is 10.2. The molecule has 5 nitrogen and oxygen atoms in total. The number of anilines is 1. The van der Waals surface area contributed by atoms with E-state index in [1.54, 1.807) is 0 Å². The highest BCUT2D eigenvalue weighted by atomic mass is 127. The first-order chi connectivity index (χ1) is 12.7. The predicted molar refractivity (Wildman–Crippen MR) is 120 cm³/mol. The van der Waals surface area contributed by atoms with Crippen LogP contribution in [0, 0.1) is 11.8 Å². The van der Waals surface area contributed by atoms with Gasteiger partial charge >= 0.3 is 0 Å². The quantitative estimate of drug-likeness (QED) is 0.409. The molecule has 0 saturated carbocycles. The molecule has 3 fully saturated rings. The average Bonchev–Trinajstić information content (AvgIpc) is 3.39. The lowest BCUT2D eigenvalue weighted by Gasteiger charge is -2.27. The Morgan fingerprint density at radius 1 is 1.19 bits per heavy atom. The van der Waals surface area contributed by atoms with Crippen molar-refractivity contribution < 1.29 is 4.74 Å². The molecular formula is C21H31IN4O. The lowest BCUT2D eigenvalue weighted by molar-refractivity contribution is 0.0767. The van der Waals surface area contributed by atoms with Crippen molar-refractivity contribution in [1.82, 2.24) is 10.2 Å². The van der Waals surface area contributed by atoms with Gasteiger partial charge in [-0.3, -0.25) is 4.99 Å². The Morgan fingerprint density at radius 3 is 2.59 bits per heavy atom. The van der Waals surface area contributed by atoms with E-state index in [4.69, 9.17) is 4.74 Å². The summed E-state index contributed by atoms with van der Waals surface area (Å²) in [5.74, 6) is 2.51. The van der Waals surface area contributed by atoms with E-state index in [0.29, 0.717) is 18.2 Å². The number of nitrogens with zero attached hydrogens (tertiary/aromatic N) is 3. The third kappa shape index (κ3) is 3.33. The van der Waals surface area contributed by atoms with Crippen LogP contribution < -0.4 is 10.2 Å². The van der Waals surface area contributed by atoms with Gasteiger partial charge in [0.25, 0.3) is 0 Å². The van der Waals surface area contributed by atoms with Crippen molar-refractivity contribution >= 4 is 35.6 Å². The Labute approximate surface area is 179 Å². The molecule has 5 unspecified atom stereocenters. The predicted octanol–water partition coefficient (Wildman–Crippen LogP) is 2.74. The number of nitrogens with one attached hydrogen (secondary N) is 1. The number of guanidine groups is 1. The second-order valence-corrected chi connectivity index (χ2v) is 8.37. The second-order valence-electron chi connectivity index (χ2n) is 8.37. The molecule has 1 aromatic carbocycles. The van der Waals surface area contributed by atoms with Crippen molar-refractivity contribution in [1.29, 1.82) is 0 Å². The van der Waals surface area contributed by atoms with Gasteiger partial charge in [-0.25, -0.2) is 0 Å². The van der Waals surface area contributed by atoms with E-state index in [1.165, 1.54) is 24.1 Å². The molecule has 0 amide bonds. The summed E-state index contributed by atoms with van der Waals surface area (Å²) < 4.78 is 6.10. The van der Waals surface area contributed by atoms with Crippen molar-refractivity contribution in [3.05, 3.63) is 29.8 Å². The normalized spacial score (nSPS) is 33.9. The molecule has 4 aliphatic heterocycles. The summed E-state index contributed by atoms with van der Waals surface area (Å²) in [4.78, 5) is 9.56. The van der Waals surface area contributed by atoms with Crippen molar-refractivity contribution in [2.24, 2.45) is 16.8 Å². The van der Waals surface area contributed by atoms with Gasteiger partial charge in [-0.2, -0.15) is 0 Å². The number of benzene rings is 1. The number of fused-ring (bicyclic) bond motifs is 6. The minimum absolute atomic E-state index is 0. The molecule has 0 spiro atoms. The van der Waals surface area contributed by atoms with Gasteiger partial charge in [-0.1, -0.05) is 18.2 Å². The number of halogens is 1. The van der Waals surface area contributed by atoms with Crippen molar-refractivity contribution in [3.63, 3.8) is 0 Å². The molecule has 4 heterocycles. The number of ether oxygens (including phenoxy) is 1. The average molecular weight is 482 g/mol. The summed E-state index contributed by atoms with van der Waals surface area (Å²) >= 11 is 0. The van der Waals surface area contributed by atoms with Gasteiger partial charge in [0.1, 0.15) is 0 Å². The third-order valence-corrected chi connectivity index (χ3v) is 6.95. The Balaban J connectivity index is 0.00000180. The van der Waals surface area contributed by atoms with E-state index >= 15 is 0 Å². The van der Waals surface area contributed by atoms with E-state index in [-0.39, 0.29) is 24.0 Å². The molecule has 0 radical (unpaired) electrons. The molecule has 5 atom stereocenters. The van der Waals surface area contributed by atoms with E-state index < -0.39 is 0 Å². The highest BCUT2D eigenvalue weighted by Crippen LogP contribution is 2.47. The lowest BCUT2D eigenvalue weighted by Crippen LogP contribution is -2.45. The largest absolute Gasteiger partial charge is 0.374 e. The van der Waals surface area contributed by atoms with Crippen molar-refractivity contribution in [2.75, 3.05) is 38.1 Å². The van der Waals surface area contributed by atoms with Crippen LogP contribution in [0.15, 0.2) is 29.3 Å². The topological polar surface area (TPSA) is 40.1 Å². The standard InChI is InChI=1S/C21H30N4O.HI/c1-14-11-15-5-3-4-6-18(15)25(14)10-9-23-21(22-2)24-12-16-17(13-24)20-8-7-19(16)26-20;/h3-6,14,16-17,19-20H,7-13H2,1-2H3,(H,22,23);1H. The van der Waals surface area contributed by atoms with E-state index in [2.05, 4.69) is 51.3 Å². The fraction of sp³-hybridized carbons (Fsp3) is 0.667. The maximum absolute atomic E-state index is 6.10. The molecule has 1 N–H and O–H groups in total. The third-order valence-electron chi connectivity index (χ3n) is 6.95. The molecule has 5 rings (SSSR count). The maximum atomic E-state index is 6.10. The van der Waals surface area contributed by atoms with Crippen LogP contribution in [-0.2, 0) is 11.2 Å². The first-order valence-electron chi connectivity index (χ1n) is 10.2. The Hall–Kier alpha value is -1.02. The van der Waals surface area contributed by atoms with Gasteiger partial charge in [0.05, 0.1) is 12.2 Å². The minimum atomic E-state index is 0. The SMILES string of the molecule is CN=C(NCCN1c2ccccc2CC1C)N1CC2C3CCC(O3)C2C1.I. The van der Waals surface area contributed by atoms with Crippen LogP contribution in [0.1, 0.15) is 25.3 Å². The van der Waals surface area contributed by atoms with Gasteiger partial charge in [0.2, 0.25) is 0 Å². The summed E-state index contributed by atoms with van der Waals surface area (Å²) in [5.41, 5.74) is 2.88. The molecule has 6 heteroatoms. The zero-order chi connectivity index (χ0) is 17.7. The van der Waals surface area contributed by atoms with Gasteiger partial charge in [-0.05, 0) is 37.8 Å². The molecule has 4 aliphatic rings. The van der Waals surface area contributed by atoms with E-state index in [1.807, 2.05) is 7.05 Å². The number of rotatable bonds is 3. The molecule has 0 aromatic heterocycles. The lowest BCUT2D eigenvalue weighted by atomic mass is 9.82. The molecule has 27 heavy (non-hydrogen) atoms. The van der Waals surface area contributed by atoms with Crippen LogP contribution in [0.25, 0.3) is 0 Å². The van der Waals surface area contributed by atoms with Crippen LogP contribution in [0.5, 0.6) is 0 Å². The summed E-state index contributed by atoms with van der Waals surface area (Å²) in [6.45, 7) is 6.49. The highest BCUT2D eigenvalue weighted by Gasteiger charge is 2.53. The van der Waals surface area contributed by atoms with Gasteiger partial charge in [0, 0.05) is 56.8 Å². The number of likely N-dealkylation sites (tertiary alicyclic amines) is 1. The van der Waals surface area contributed by atoms with E-state index in [9.17, 15) is 0 Å². The van der Waals surface area contributed by atoms with E-state index in [0.717, 1.165) is 50.4 Å². The summed E-state index contributed by atoms with van der Waals surface area (Å²) in [6.07, 6.45) is 4.70. The summed E-state index contributed by atoms with van der Waals surface area (Å²) in [7, 11) is 1.91. The van der Waals surface area contributed by atoms with Crippen LogP contribution in [-0.4, -0.2) is 62.3 Å². The molecular weight excluding hydrogens is 451 g/mol. The fourth-order valence-corrected chi connectivity index (χ4v) is 5.72. The molecule has 3 saturated heterocycles. The van der Waals surface area contributed by atoms with Crippen molar-refractivity contribution in [3.8, 4) is 0 Å². The van der Waals surface area contributed by atoms with Gasteiger partial charge < -0.3 is 19.9 Å². The zero-order valence-electron chi connectivity index (χ0n) is 16.3. The number of hydrogen-bond acceptors (Lipinski definition) is 3. The first kappa shape index (κ1) is 19.3. The van der Waals surface area contributed by atoms with Crippen molar-refractivity contribution in [2.45, 2.75) is 44.4 Å². The van der Waals surface area contributed by atoms with Crippen LogP contribution in [0.4, 0.5) is 5.69 Å². The smallest absolute Gasteiger partial charge is 0.193 e. The van der Waals surface area contributed by atoms with Gasteiger partial charge in [-0.15, -0.1) is 24.0 Å². The maximum Gasteiger partial charge on any atom is 0.193 e. The molecule has 1 aromatic rings. The second kappa shape index (κ2) is 7.78.